The van der Waals surface area contributed by atoms with Gasteiger partial charge in [0.05, 0.1) is 16.6 Å². The smallest absolute Gasteiger partial charge is 0.272 e. The van der Waals surface area contributed by atoms with Gasteiger partial charge in [-0.05, 0) is 30.5 Å². The van der Waals surface area contributed by atoms with E-state index >= 15 is 0 Å². The highest BCUT2D eigenvalue weighted by Crippen LogP contribution is 2.31. The molecule has 3 aromatic rings. The predicted molar refractivity (Wildman–Crippen MR) is 117 cm³/mol. The van der Waals surface area contributed by atoms with Gasteiger partial charge in [0.15, 0.2) is 0 Å². The number of hydrogen-bond donors (Lipinski definition) is 1. The van der Waals surface area contributed by atoms with E-state index < -0.39 is 5.82 Å². The first-order valence-corrected chi connectivity index (χ1v) is 10.8. The first-order valence-electron chi connectivity index (χ1n) is 10.8. The number of nitrogens with one attached hydrogen (secondary N) is 1. The Morgan fingerprint density at radius 1 is 0.969 bits per heavy atom. The number of hydrogen-bond acceptors (Lipinski definition) is 4. The van der Waals surface area contributed by atoms with Crippen molar-refractivity contribution < 1.29 is 14.0 Å². The Bertz CT molecular complexity index is 1260. The summed E-state index contributed by atoms with van der Waals surface area (Å²) in [5.74, 6) is -0.655. The number of amides is 2. The molecule has 0 unspecified atom stereocenters. The minimum Gasteiger partial charge on any atom is -0.339 e. The summed E-state index contributed by atoms with van der Waals surface area (Å²) in [6.45, 7) is 1.70. The number of halogens is 1. The van der Waals surface area contributed by atoms with Crippen LogP contribution in [-0.2, 0) is 11.2 Å². The fourth-order valence-electron chi connectivity index (χ4n) is 4.32. The number of piperazine rings is 1. The van der Waals surface area contributed by atoms with Gasteiger partial charge in [-0.25, -0.2) is 9.49 Å². The molecule has 2 amide bonds. The van der Waals surface area contributed by atoms with E-state index in [1.165, 1.54) is 6.07 Å². The van der Waals surface area contributed by atoms with Crippen molar-refractivity contribution in [2.45, 2.75) is 19.3 Å². The lowest BCUT2D eigenvalue weighted by atomic mass is 9.98. The van der Waals surface area contributed by atoms with Crippen molar-refractivity contribution in [3.8, 4) is 0 Å². The van der Waals surface area contributed by atoms with Gasteiger partial charge < -0.3 is 9.80 Å². The molecule has 1 saturated carbocycles. The van der Waals surface area contributed by atoms with Crippen LogP contribution in [0.25, 0.3) is 10.8 Å². The molecule has 1 aromatic heterocycles. The van der Waals surface area contributed by atoms with Crippen molar-refractivity contribution in [3.63, 3.8) is 0 Å². The van der Waals surface area contributed by atoms with Gasteiger partial charge in [0.2, 0.25) is 5.91 Å². The van der Waals surface area contributed by atoms with Crippen LogP contribution >= 0.6 is 0 Å². The number of carbonyl (C=O) groups is 2. The standard InChI is InChI=1S/C24H23FN4O3/c25-19-7-3-4-16(14-20-17-5-1-2-6-18(17)22(30)27-26-20)21(19)24(32)29-12-10-28(11-13-29)23(31)15-8-9-15/h1-7,15H,8-14H2,(H,27,30). The monoisotopic (exact) mass is 434 g/mol. The Labute approximate surface area is 183 Å². The summed E-state index contributed by atoms with van der Waals surface area (Å²) in [7, 11) is 0. The molecule has 1 saturated heterocycles. The summed E-state index contributed by atoms with van der Waals surface area (Å²) in [5, 5.41) is 7.83. The molecule has 2 heterocycles. The highest BCUT2D eigenvalue weighted by molar-refractivity contribution is 5.96. The second-order valence-corrected chi connectivity index (χ2v) is 8.39. The molecule has 0 atom stereocenters. The number of rotatable bonds is 4. The van der Waals surface area contributed by atoms with Gasteiger partial charge in [-0.2, -0.15) is 5.10 Å². The Morgan fingerprint density at radius 3 is 2.38 bits per heavy atom. The Balaban J connectivity index is 1.40. The second-order valence-electron chi connectivity index (χ2n) is 8.39. The van der Waals surface area contributed by atoms with Crippen LogP contribution in [0, 0.1) is 11.7 Å². The molecule has 1 aliphatic carbocycles. The molecule has 8 heteroatoms. The summed E-state index contributed by atoms with van der Waals surface area (Å²) in [5.41, 5.74) is 0.806. The summed E-state index contributed by atoms with van der Waals surface area (Å²) in [6.07, 6.45) is 2.10. The zero-order chi connectivity index (χ0) is 22.2. The van der Waals surface area contributed by atoms with Crippen LogP contribution in [0.3, 0.4) is 0 Å². The Morgan fingerprint density at radius 2 is 1.66 bits per heavy atom. The number of fused-ring (bicyclic) bond motifs is 1. The third-order valence-electron chi connectivity index (χ3n) is 6.25. The maximum absolute atomic E-state index is 14.9. The highest BCUT2D eigenvalue weighted by atomic mass is 19.1. The quantitative estimate of drug-likeness (QED) is 0.683. The van der Waals surface area contributed by atoms with Crippen molar-refractivity contribution in [2.75, 3.05) is 26.2 Å². The van der Waals surface area contributed by atoms with Crippen LogP contribution in [-0.4, -0.2) is 58.0 Å². The molecular weight excluding hydrogens is 411 g/mol. The molecule has 5 rings (SSSR count). The first-order chi connectivity index (χ1) is 15.5. The largest absolute Gasteiger partial charge is 0.339 e. The van der Waals surface area contributed by atoms with Crippen molar-refractivity contribution in [1.82, 2.24) is 20.0 Å². The average molecular weight is 434 g/mol. The van der Waals surface area contributed by atoms with Gasteiger partial charge in [0.25, 0.3) is 11.5 Å². The number of nitrogens with zero attached hydrogens (tertiary/aromatic N) is 3. The summed E-state index contributed by atoms with van der Waals surface area (Å²) in [4.78, 5) is 41.0. The van der Waals surface area contributed by atoms with Crippen molar-refractivity contribution in [3.05, 3.63) is 75.5 Å². The molecular formula is C24H23FN4O3. The molecule has 1 aliphatic heterocycles. The summed E-state index contributed by atoms with van der Waals surface area (Å²) >= 11 is 0. The van der Waals surface area contributed by atoms with Gasteiger partial charge in [-0.1, -0.05) is 30.3 Å². The van der Waals surface area contributed by atoms with Crippen LogP contribution in [0.2, 0.25) is 0 Å². The molecule has 0 spiro atoms. The van der Waals surface area contributed by atoms with Crippen LogP contribution in [0.4, 0.5) is 4.39 Å². The molecule has 2 aromatic carbocycles. The predicted octanol–water partition coefficient (Wildman–Crippen LogP) is 2.35. The Hall–Kier alpha value is -3.55. The maximum atomic E-state index is 14.9. The van der Waals surface area contributed by atoms with Crippen LogP contribution in [0.1, 0.15) is 34.5 Å². The third kappa shape index (κ3) is 3.77. The first kappa shape index (κ1) is 20.4. The van der Waals surface area contributed by atoms with Crippen LogP contribution in [0.5, 0.6) is 0 Å². The molecule has 1 N–H and O–H groups in total. The van der Waals surface area contributed by atoms with E-state index in [9.17, 15) is 18.8 Å². The van der Waals surface area contributed by atoms with Gasteiger partial charge in [0.1, 0.15) is 5.82 Å². The molecule has 2 fully saturated rings. The molecule has 0 radical (unpaired) electrons. The van der Waals surface area contributed by atoms with Gasteiger partial charge in [0, 0.05) is 43.9 Å². The van der Waals surface area contributed by atoms with E-state index in [0.29, 0.717) is 48.2 Å². The van der Waals surface area contributed by atoms with Crippen LogP contribution in [0.15, 0.2) is 47.3 Å². The lowest BCUT2D eigenvalue weighted by Gasteiger charge is -2.35. The topological polar surface area (TPSA) is 86.4 Å². The molecule has 164 valence electrons. The zero-order valence-corrected chi connectivity index (χ0v) is 17.5. The molecule has 7 nitrogen and oxygen atoms in total. The lowest BCUT2D eigenvalue weighted by Crippen LogP contribution is -2.51. The molecule has 0 bridgehead atoms. The van der Waals surface area contributed by atoms with Gasteiger partial charge >= 0.3 is 0 Å². The molecule has 2 aliphatic rings. The minimum absolute atomic E-state index is 0.0200. The van der Waals surface area contributed by atoms with E-state index in [0.717, 1.165) is 12.8 Å². The summed E-state index contributed by atoms with van der Waals surface area (Å²) < 4.78 is 14.9. The van der Waals surface area contributed by atoms with Gasteiger partial charge in [-0.3, -0.25) is 14.4 Å². The zero-order valence-electron chi connectivity index (χ0n) is 17.5. The number of benzene rings is 2. The van der Waals surface area contributed by atoms with E-state index in [4.69, 9.17) is 0 Å². The van der Waals surface area contributed by atoms with E-state index in [2.05, 4.69) is 10.2 Å². The van der Waals surface area contributed by atoms with Gasteiger partial charge in [-0.15, -0.1) is 0 Å². The fraction of sp³-hybridized carbons (Fsp3) is 0.333. The van der Waals surface area contributed by atoms with Crippen molar-refractivity contribution in [2.24, 2.45) is 5.92 Å². The SMILES string of the molecule is O=C(c1c(F)cccc1Cc1n[nH]c(=O)c2ccccc12)N1CCN(C(=O)C2CC2)CC1. The summed E-state index contributed by atoms with van der Waals surface area (Å²) in [6, 6.07) is 11.6. The fourth-order valence-corrected chi connectivity index (χ4v) is 4.32. The van der Waals surface area contributed by atoms with E-state index in [1.54, 1.807) is 40.1 Å². The molecule has 32 heavy (non-hydrogen) atoms. The number of carbonyl (C=O) groups excluding carboxylic acids is 2. The third-order valence-corrected chi connectivity index (χ3v) is 6.25. The highest BCUT2D eigenvalue weighted by Gasteiger charge is 2.35. The van der Waals surface area contributed by atoms with Crippen molar-refractivity contribution >= 4 is 22.6 Å². The number of H-pyrrole nitrogens is 1. The second kappa shape index (κ2) is 8.18. The van der Waals surface area contributed by atoms with E-state index in [-0.39, 0.29) is 35.3 Å². The minimum atomic E-state index is -0.585. The number of aromatic nitrogens is 2. The van der Waals surface area contributed by atoms with Crippen molar-refractivity contribution in [1.29, 1.82) is 0 Å². The van der Waals surface area contributed by atoms with E-state index in [1.807, 2.05) is 6.07 Å². The van der Waals surface area contributed by atoms with Crippen LogP contribution < -0.4 is 5.56 Å². The normalized spacial score (nSPS) is 16.4. The lowest BCUT2D eigenvalue weighted by molar-refractivity contribution is -0.134. The number of aromatic amines is 1. The maximum Gasteiger partial charge on any atom is 0.272 e. The Kier molecular flexibility index (Phi) is 5.20. The average Bonchev–Trinajstić information content (AvgIpc) is 3.66.